The summed E-state index contributed by atoms with van der Waals surface area (Å²) < 4.78 is 0. The van der Waals surface area contributed by atoms with Crippen molar-refractivity contribution in [3.8, 4) is 0 Å². The fraction of sp³-hybridized carbons (Fsp3) is 0.895. The molecule has 1 saturated carbocycles. The number of rotatable bonds is 8. The van der Waals surface area contributed by atoms with E-state index >= 15 is 0 Å². The van der Waals surface area contributed by atoms with Gasteiger partial charge in [0.2, 0.25) is 5.91 Å². The van der Waals surface area contributed by atoms with Gasteiger partial charge in [0.25, 0.3) is 0 Å². The molecule has 134 valence electrons. The van der Waals surface area contributed by atoms with Gasteiger partial charge in [-0.15, -0.1) is 0 Å². The lowest BCUT2D eigenvalue weighted by atomic mass is 9.70. The van der Waals surface area contributed by atoms with Crippen molar-refractivity contribution in [2.75, 3.05) is 26.2 Å². The molecule has 0 aromatic carbocycles. The lowest BCUT2D eigenvalue weighted by molar-refractivity contribution is -0.139. The Hall–Kier alpha value is -0.900. The lowest BCUT2D eigenvalue weighted by Crippen LogP contribution is -2.43. The van der Waals surface area contributed by atoms with Crippen molar-refractivity contribution in [1.29, 1.82) is 0 Å². The molecule has 0 bridgehead atoms. The van der Waals surface area contributed by atoms with Crippen LogP contribution in [0, 0.1) is 17.3 Å². The van der Waals surface area contributed by atoms with Crippen molar-refractivity contribution >= 4 is 11.7 Å². The maximum Gasteiger partial charge on any atom is 0.223 e. The van der Waals surface area contributed by atoms with Crippen LogP contribution in [0.2, 0.25) is 0 Å². The number of Topliss-reactive ketones (excluding diaryl/α,β-unsaturated/α-hetero) is 1. The van der Waals surface area contributed by atoms with Crippen molar-refractivity contribution < 1.29 is 9.59 Å². The molecule has 0 heterocycles. The number of amides is 1. The first-order valence-electron chi connectivity index (χ1n) is 9.35. The predicted octanol–water partition coefficient (Wildman–Crippen LogP) is 3.26. The Morgan fingerprint density at radius 3 is 2.13 bits per heavy atom. The largest absolute Gasteiger partial charge is 0.356 e. The minimum atomic E-state index is -0.358. The van der Waals surface area contributed by atoms with Crippen molar-refractivity contribution in [2.24, 2.45) is 17.3 Å². The highest BCUT2D eigenvalue weighted by molar-refractivity contribution is 5.91. The molecule has 1 fully saturated rings. The summed E-state index contributed by atoms with van der Waals surface area (Å²) in [6.45, 7) is 14.0. The van der Waals surface area contributed by atoms with E-state index in [1.165, 1.54) is 0 Å². The highest BCUT2D eigenvalue weighted by Crippen LogP contribution is 2.35. The summed E-state index contributed by atoms with van der Waals surface area (Å²) in [5, 5.41) is 3.07. The van der Waals surface area contributed by atoms with E-state index < -0.39 is 0 Å². The number of hydrogen-bond acceptors (Lipinski definition) is 3. The quantitative estimate of drug-likeness (QED) is 0.697. The summed E-state index contributed by atoms with van der Waals surface area (Å²) in [5.41, 5.74) is -0.358. The molecule has 4 nitrogen and oxygen atoms in total. The van der Waals surface area contributed by atoms with E-state index in [2.05, 4.69) is 24.1 Å². The van der Waals surface area contributed by atoms with Crippen LogP contribution in [0.4, 0.5) is 0 Å². The van der Waals surface area contributed by atoms with E-state index in [0.29, 0.717) is 6.54 Å². The average molecular weight is 325 g/mol. The van der Waals surface area contributed by atoms with Crippen LogP contribution < -0.4 is 5.32 Å². The van der Waals surface area contributed by atoms with Gasteiger partial charge in [-0.3, -0.25) is 9.59 Å². The van der Waals surface area contributed by atoms with E-state index in [0.717, 1.165) is 51.7 Å². The van der Waals surface area contributed by atoms with Crippen LogP contribution >= 0.6 is 0 Å². The molecule has 0 radical (unpaired) electrons. The zero-order valence-corrected chi connectivity index (χ0v) is 15.8. The molecule has 0 spiro atoms. The highest BCUT2D eigenvalue weighted by atomic mass is 16.2. The second-order valence-electron chi connectivity index (χ2n) is 7.78. The van der Waals surface area contributed by atoms with Crippen molar-refractivity contribution in [3.63, 3.8) is 0 Å². The molecule has 23 heavy (non-hydrogen) atoms. The molecule has 1 N–H and O–H groups in total. The first-order valence-corrected chi connectivity index (χ1v) is 9.35. The Morgan fingerprint density at radius 2 is 1.61 bits per heavy atom. The first-order chi connectivity index (χ1) is 10.8. The molecular formula is C19H36N2O2. The summed E-state index contributed by atoms with van der Waals surface area (Å²) in [6.07, 6.45) is 4.82. The van der Waals surface area contributed by atoms with Gasteiger partial charge in [0.05, 0.1) is 0 Å². The molecule has 1 rings (SSSR count). The van der Waals surface area contributed by atoms with Crippen LogP contribution in [-0.2, 0) is 9.59 Å². The molecule has 1 aliphatic carbocycles. The monoisotopic (exact) mass is 324 g/mol. The molecule has 1 aliphatic rings. The molecule has 0 aromatic rings. The van der Waals surface area contributed by atoms with Gasteiger partial charge in [-0.25, -0.2) is 0 Å². The molecule has 2 atom stereocenters. The summed E-state index contributed by atoms with van der Waals surface area (Å²) in [7, 11) is 0. The number of carbonyl (C=O) groups excluding carboxylic acids is 2. The van der Waals surface area contributed by atoms with E-state index in [-0.39, 0.29) is 28.9 Å². The number of nitrogens with one attached hydrogen (secondary N) is 1. The zero-order valence-electron chi connectivity index (χ0n) is 15.8. The Labute approximate surface area is 142 Å². The van der Waals surface area contributed by atoms with Gasteiger partial charge < -0.3 is 10.2 Å². The maximum absolute atomic E-state index is 12.6. The van der Waals surface area contributed by atoms with E-state index in [9.17, 15) is 9.59 Å². The maximum atomic E-state index is 12.6. The number of hydrogen-bond donors (Lipinski definition) is 1. The molecular weight excluding hydrogens is 288 g/mol. The SMILES string of the molecule is CCN(CC)CCCNC(=O)[C@@H]1CCCC[C@@H]1C(=O)C(C)(C)C. The Balaban J connectivity index is 2.50. The molecule has 0 unspecified atom stereocenters. The van der Waals surface area contributed by atoms with E-state index in [4.69, 9.17) is 0 Å². The number of nitrogens with zero attached hydrogens (tertiary/aromatic N) is 1. The standard InChI is InChI=1S/C19H36N2O2/c1-6-21(7-2)14-10-13-20-18(23)16-12-9-8-11-15(16)17(22)19(3,4)5/h15-16H,6-14H2,1-5H3,(H,20,23)/t15-,16+/m0/s1. The smallest absolute Gasteiger partial charge is 0.223 e. The Kier molecular flexibility index (Phi) is 8.24. The summed E-state index contributed by atoms with van der Waals surface area (Å²) in [5.74, 6) is 0.128. The fourth-order valence-electron chi connectivity index (χ4n) is 3.50. The van der Waals surface area contributed by atoms with Gasteiger partial charge in [-0.2, -0.15) is 0 Å². The van der Waals surface area contributed by atoms with Gasteiger partial charge in [0.15, 0.2) is 0 Å². The normalized spacial score (nSPS) is 22.2. The summed E-state index contributed by atoms with van der Waals surface area (Å²) in [4.78, 5) is 27.6. The van der Waals surface area contributed by atoms with Crippen molar-refractivity contribution in [2.45, 2.75) is 66.7 Å². The van der Waals surface area contributed by atoms with Crippen molar-refractivity contribution in [3.05, 3.63) is 0 Å². The molecule has 0 aromatic heterocycles. The molecule has 1 amide bonds. The average Bonchev–Trinajstić information content (AvgIpc) is 2.53. The third-order valence-corrected chi connectivity index (χ3v) is 5.02. The summed E-state index contributed by atoms with van der Waals surface area (Å²) >= 11 is 0. The van der Waals surface area contributed by atoms with Crippen LogP contribution in [0.25, 0.3) is 0 Å². The van der Waals surface area contributed by atoms with Crippen LogP contribution in [0.15, 0.2) is 0 Å². The van der Waals surface area contributed by atoms with E-state index in [1.807, 2.05) is 20.8 Å². The van der Waals surface area contributed by atoms with Gasteiger partial charge in [-0.1, -0.05) is 47.5 Å². The van der Waals surface area contributed by atoms with Crippen LogP contribution in [0.3, 0.4) is 0 Å². The Morgan fingerprint density at radius 1 is 1.04 bits per heavy atom. The highest BCUT2D eigenvalue weighted by Gasteiger charge is 2.39. The minimum absolute atomic E-state index is 0.0897. The lowest BCUT2D eigenvalue weighted by Gasteiger charge is -2.33. The zero-order chi connectivity index (χ0) is 17.5. The molecule has 4 heteroatoms. The molecule has 0 aliphatic heterocycles. The fourth-order valence-corrected chi connectivity index (χ4v) is 3.50. The topological polar surface area (TPSA) is 49.4 Å². The van der Waals surface area contributed by atoms with Crippen LogP contribution in [-0.4, -0.2) is 42.8 Å². The molecule has 0 saturated heterocycles. The predicted molar refractivity (Wildman–Crippen MR) is 95.3 cm³/mol. The van der Waals surface area contributed by atoms with Crippen molar-refractivity contribution in [1.82, 2.24) is 10.2 Å². The van der Waals surface area contributed by atoms with E-state index in [1.54, 1.807) is 0 Å². The third-order valence-electron chi connectivity index (χ3n) is 5.02. The third kappa shape index (κ3) is 6.25. The second-order valence-corrected chi connectivity index (χ2v) is 7.78. The Bertz CT molecular complexity index is 383. The van der Waals surface area contributed by atoms with Gasteiger partial charge in [0.1, 0.15) is 5.78 Å². The van der Waals surface area contributed by atoms with Gasteiger partial charge in [0, 0.05) is 23.8 Å². The first kappa shape index (κ1) is 20.1. The minimum Gasteiger partial charge on any atom is -0.356 e. The number of ketones is 1. The summed E-state index contributed by atoms with van der Waals surface area (Å²) in [6, 6.07) is 0. The van der Waals surface area contributed by atoms with Gasteiger partial charge in [-0.05, 0) is 38.9 Å². The van der Waals surface area contributed by atoms with Gasteiger partial charge >= 0.3 is 0 Å². The van der Waals surface area contributed by atoms with Crippen LogP contribution in [0.1, 0.15) is 66.7 Å². The second kappa shape index (κ2) is 9.41. The number of carbonyl (C=O) groups is 2. The van der Waals surface area contributed by atoms with Crippen LogP contribution in [0.5, 0.6) is 0 Å².